The lowest BCUT2D eigenvalue weighted by Crippen LogP contribution is -2.10. The molecule has 202 valence electrons. The maximum Gasteiger partial charge on any atom is 0.0497 e. The Morgan fingerprint density at radius 3 is 1.15 bits per heavy atom. The van der Waals surface area contributed by atoms with E-state index in [0.29, 0.717) is 0 Å². The summed E-state index contributed by atoms with van der Waals surface area (Å²) in [5, 5.41) is 10.7. The Hall–Kier alpha value is -3.78. The lowest BCUT2D eigenvalue weighted by molar-refractivity contribution is 0.591. The number of aryl methyl sites for hydroxylation is 2. The highest BCUT2D eigenvalue weighted by atomic mass is 15.0. The fraction of sp³-hybridized carbons (Fsp3) is 0.316. The zero-order valence-electron chi connectivity index (χ0n) is 25.2. The monoisotopic (exact) mass is 524 g/mol. The average molecular weight is 525 g/mol. The molecule has 0 radical (unpaired) electrons. The van der Waals surface area contributed by atoms with Crippen LogP contribution in [-0.4, -0.2) is 9.13 Å². The predicted octanol–water partition coefficient (Wildman–Crippen LogP) is 10.8. The molecule has 0 bridgehead atoms. The lowest BCUT2D eigenvalue weighted by Gasteiger charge is -2.19. The molecule has 0 N–H and O–H groups in total. The quantitative estimate of drug-likeness (QED) is 0.199. The molecule has 7 aromatic rings. The summed E-state index contributed by atoms with van der Waals surface area (Å²) in [6.45, 7) is 20.2. The summed E-state index contributed by atoms with van der Waals surface area (Å²) < 4.78 is 4.98. The molecule has 0 saturated carbocycles. The molecule has 2 nitrogen and oxygen atoms in total. The maximum absolute atomic E-state index is 2.49. The van der Waals surface area contributed by atoms with Crippen LogP contribution in [0.25, 0.3) is 65.2 Å². The van der Waals surface area contributed by atoms with Gasteiger partial charge < -0.3 is 9.13 Å². The minimum Gasteiger partial charge on any atom is -0.341 e. The van der Waals surface area contributed by atoms with E-state index in [4.69, 9.17) is 0 Å². The number of benzene rings is 5. The first-order valence-electron chi connectivity index (χ1n) is 14.9. The normalized spacial score (nSPS) is 13.2. The van der Waals surface area contributed by atoms with Crippen molar-refractivity contribution in [3.05, 3.63) is 83.9 Å². The van der Waals surface area contributed by atoms with Crippen molar-refractivity contribution in [3.63, 3.8) is 0 Å². The Bertz CT molecular complexity index is 1980. The van der Waals surface area contributed by atoms with Crippen LogP contribution < -0.4 is 0 Å². The molecule has 40 heavy (non-hydrogen) atoms. The second-order valence-corrected chi connectivity index (χ2v) is 13.7. The number of fused-ring (bicyclic) bond motifs is 9. The van der Waals surface area contributed by atoms with Crippen molar-refractivity contribution in [2.24, 2.45) is 0 Å². The number of nitrogens with zero attached hydrogens (tertiary/aromatic N) is 2. The topological polar surface area (TPSA) is 9.86 Å². The highest BCUT2D eigenvalue weighted by Crippen LogP contribution is 2.40. The molecule has 0 aliphatic rings. The van der Waals surface area contributed by atoms with Gasteiger partial charge in [0, 0.05) is 56.7 Å². The van der Waals surface area contributed by atoms with Gasteiger partial charge >= 0.3 is 0 Å². The van der Waals surface area contributed by atoms with Gasteiger partial charge in [-0.05, 0) is 106 Å². The molecule has 0 aliphatic heterocycles. The first-order valence-corrected chi connectivity index (χ1v) is 14.9. The smallest absolute Gasteiger partial charge is 0.0497 e. The van der Waals surface area contributed by atoms with E-state index in [2.05, 4.69) is 137 Å². The van der Waals surface area contributed by atoms with Crippen molar-refractivity contribution >= 4 is 65.2 Å². The average Bonchev–Trinajstić information content (AvgIpc) is 3.39. The van der Waals surface area contributed by atoms with Gasteiger partial charge in [-0.25, -0.2) is 0 Å². The van der Waals surface area contributed by atoms with Gasteiger partial charge in [-0.15, -0.1) is 0 Å². The summed E-state index contributed by atoms with van der Waals surface area (Å²) in [5.41, 5.74) is 8.33. The van der Waals surface area contributed by atoms with Crippen LogP contribution in [-0.2, 0) is 23.9 Å². The van der Waals surface area contributed by atoms with Crippen molar-refractivity contribution in [2.75, 3.05) is 0 Å². The second-order valence-electron chi connectivity index (χ2n) is 13.7. The third-order valence-electron chi connectivity index (χ3n) is 9.17. The molecule has 0 fully saturated rings. The van der Waals surface area contributed by atoms with E-state index in [0.717, 1.165) is 13.1 Å². The fourth-order valence-corrected chi connectivity index (χ4v) is 6.86. The van der Waals surface area contributed by atoms with E-state index in [9.17, 15) is 0 Å². The first-order chi connectivity index (χ1) is 19.0. The van der Waals surface area contributed by atoms with Crippen molar-refractivity contribution in [1.82, 2.24) is 9.13 Å². The van der Waals surface area contributed by atoms with Gasteiger partial charge in [0.2, 0.25) is 0 Å². The van der Waals surface area contributed by atoms with Crippen LogP contribution in [0.15, 0.2) is 72.8 Å². The molecule has 5 aromatic carbocycles. The third-order valence-corrected chi connectivity index (χ3v) is 9.17. The van der Waals surface area contributed by atoms with Gasteiger partial charge in [0.25, 0.3) is 0 Å². The van der Waals surface area contributed by atoms with Gasteiger partial charge in [0.15, 0.2) is 0 Å². The van der Waals surface area contributed by atoms with Crippen molar-refractivity contribution in [2.45, 2.75) is 79.3 Å². The van der Waals surface area contributed by atoms with Gasteiger partial charge in [-0.3, -0.25) is 0 Å². The van der Waals surface area contributed by atoms with Crippen molar-refractivity contribution < 1.29 is 0 Å². The summed E-state index contributed by atoms with van der Waals surface area (Å²) in [7, 11) is 0. The van der Waals surface area contributed by atoms with Gasteiger partial charge in [0.1, 0.15) is 0 Å². The molecule has 2 heteroatoms. The van der Waals surface area contributed by atoms with Crippen molar-refractivity contribution in [1.29, 1.82) is 0 Å². The van der Waals surface area contributed by atoms with Crippen LogP contribution in [0.2, 0.25) is 0 Å². The SMILES string of the molecule is CCn1c2ccc(C(C)(C)C)cc2c2cc3ccc4cc5c6cc(C(C)(C)C)ccc6n(CC)c5cc4c3cc21. The number of aromatic nitrogens is 2. The molecule has 0 unspecified atom stereocenters. The molecule has 0 atom stereocenters. The molecule has 2 heterocycles. The van der Waals surface area contributed by atoms with Gasteiger partial charge in [-0.1, -0.05) is 65.8 Å². The second kappa shape index (κ2) is 8.36. The van der Waals surface area contributed by atoms with E-state index < -0.39 is 0 Å². The Kier molecular flexibility index (Phi) is 5.27. The molecule has 7 rings (SSSR count). The Labute approximate surface area is 237 Å². The molecule has 0 aliphatic carbocycles. The summed E-state index contributed by atoms with van der Waals surface area (Å²) in [4.78, 5) is 0. The zero-order valence-corrected chi connectivity index (χ0v) is 25.2. The van der Waals surface area contributed by atoms with Crippen LogP contribution in [0.5, 0.6) is 0 Å². The highest BCUT2D eigenvalue weighted by molar-refractivity contribution is 6.21. The van der Waals surface area contributed by atoms with E-state index >= 15 is 0 Å². The molecule has 0 amide bonds. The summed E-state index contributed by atoms with van der Waals surface area (Å²) in [6.07, 6.45) is 0. The van der Waals surface area contributed by atoms with E-state index in [1.165, 1.54) is 76.3 Å². The fourth-order valence-electron chi connectivity index (χ4n) is 6.86. The largest absolute Gasteiger partial charge is 0.341 e. The maximum atomic E-state index is 2.49. The van der Waals surface area contributed by atoms with E-state index in [1.807, 2.05) is 0 Å². The highest BCUT2D eigenvalue weighted by Gasteiger charge is 2.20. The first kappa shape index (κ1) is 25.2. The number of hydrogen-bond donors (Lipinski definition) is 0. The minimum atomic E-state index is 0.124. The van der Waals surface area contributed by atoms with Crippen LogP contribution in [0, 0.1) is 0 Å². The molecular weight excluding hydrogens is 484 g/mol. The van der Waals surface area contributed by atoms with Gasteiger partial charge in [-0.2, -0.15) is 0 Å². The third kappa shape index (κ3) is 3.54. The summed E-state index contributed by atoms with van der Waals surface area (Å²) >= 11 is 0. The minimum absolute atomic E-state index is 0.124. The van der Waals surface area contributed by atoms with E-state index in [1.54, 1.807) is 0 Å². The van der Waals surface area contributed by atoms with Gasteiger partial charge in [0.05, 0.1) is 0 Å². The molecule has 0 spiro atoms. The molecular formula is C38H40N2. The van der Waals surface area contributed by atoms with Crippen LogP contribution in [0.3, 0.4) is 0 Å². The Balaban J connectivity index is 1.57. The van der Waals surface area contributed by atoms with E-state index in [-0.39, 0.29) is 10.8 Å². The van der Waals surface area contributed by atoms with Crippen LogP contribution >= 0.6 is 0 Å². The number of hydrogen-bond acceptors (Lipinski definition) is 0. The standard InChI is InChI=1S/C38H40N2/c1-9-39-33-15-13-25(37(3,4)5)19-31(33)29-17-23-11-12-24-18-30-32-20-26(38(6,7)8)14-16-34(32)40(10-2)36(30)22-28(24)27(23)21-35(29)39/h11-22H,9-10H2,1-8H3. The predicted molar refractivity (Wildman–Crippen MR) is 176 cm³/mol. The van der Waals surface area contributed by atoms with Crippen LogP contribution in [0.1, 0.15) is 66.5 Å². The Morgan fingerprint density at radius 2 is 0.800 bits per heavy atom. The lowest BCUT2D eigenvalue weighted by atomic mass is 9.86. The summed E-state index contributed by atoms with van der Waals surface area (Å²) in [6, 6.07) is 28.6. The zero-order chi connectivity index (χ0) is 28.1. The number of rotatable bonds is 2. The Morgan fingerprint density at radius 1 is 0.425 bits per heavy atom. The van der Waals surface area contributed by atoms with Crippen molar-refractivity contribution in [3.8, 4) is 0 Å². The van der Waals surface area contributed by atoms with Crippen LogP contribution in [0.4, 0.5) is 0 Å². The summed E-state index contributed by atoms with van der Waals surface area (Å²) in [5.74, 6) is 0. The molecule has 0 saturated heterocycles. The molecule has 2 aromatic heterocycles.